The molecule has 1 aromatic heterocycles. The lowest BCUT2D eigenvalue weighted by atomic mass is 10.1. The molecule has 0 aliphatic heterocycles. The summed E-state index contributed by atoms with van der Waals surface area (Å²) in [4.78, 5) is 13.4. The number of hydrogen-bond donors (Lipinski definition) is 1. The lowest BCUT2D eigenvalue weighted by molar-refractivity contribution is -0.615. The molecule has 0 spiro atoms. The molecule has 1 N–H and O–H groups in total. The van der Waals surface area contributed by atoms with E-state index >= 15 is 0 Å². The van der Waals surface area contributed by atoms with Crippen molar-refractivity contribution in [1.82, 2.24) is 4.57 Å². The van der Waals surface area contributed by atoms with Crippen LogP contribution in [-0.2, 0) is 0 Å². The van der Waals surface area contributed by atoms with Crippen LogP contribution in [0, 0.1) is 6.92 Å². The van der Waals surface area contributed by atoms with E-state index in [9.17, 15) is 9.90 Å². The highest BCUT2D eigenvalue weighted by Gasteiger charge is 2.28. The molecule has 0 fully saturated rings. The second-order valence-corrected chi connectivity index (χ2v) is 6.26. The highest BCUT2D eigenvalue weighted by molar-refractivity contribution is 5.66. The van der Waals surface area contributed by atoms with Crippen molar-refractivity contribution in [3.05, 3.63) is 107 Å². The van der Waals surface area contributed by atoms with Crippen LogP contribution in [0.4, 0.5) is 0 Å². The zero-order chi connectivity index (χ0) is 18.8. The van der Waals surface area contributed by atoms with E-state index in [-0.39, 0.29) is 17.0 Å². The Hall–Kier alpha value is -3.66. The summed E-state index contributed by atoms with van der Waals surface area (Å²) in [6, 6.07) is 28.3. The van der Waals surface area contributed by atoms with Crippen molar-refractivity contribution in [1.29, 1.82) is 0 Å². The quantitative estimate of drug-likeness (QED) is 0.568. The molecular formula is C23H19N2O2+. The molecule has 4 nitrogen and oxygen atoms in total. The molecule has 0 radical (unpaired) electrons. The first-order valence-corrected chi connectivity index (χ1v) is 8.75. The molecule has 3 aromatic carbocycles. The van der Waals surface area contributed by atoms with Crippen LogP contribution in [0.5, 0.6) is 5.88 Å². The van der Waals surface area contributed by atoms with Crippen molar-refractivity contribution in [2.45, 2.75) is 6.92 Å². The highest BCUT2D eigenvalue weighted by atomic mass is 16.3. The number of rotatable bonds is 3. The monoisotopic (exact) mass is 355 g/mol. The summed E-state index contributed by atoms with van der Waals surface area (Å²) in [6.07, 6.45) is 0. The second kappa shape index (κ2) is 6.92. The molecule has 0 amide bonds. The molecule has 0 atom stereocenters. The molecule has 4 aromatic rings. The Balaban J connectivity index is 2.14. The van der Waals surface area contributed by atoms with Crippen LogP contribution >= 0.6 is 0 Å². The Morgan fingerprint density at radius 1 is 0.778 bits per heavy atom. The topological polar surface area (TPSA) is 46.1 Å². The van der Waals surface area contributed by atoms with Crippen molar-refractivity contribution in [3.63, 3.8) is 0 Å². The lowest BCUT2D eigenvalue weighted by Crippen LogP contribution is -2.43. The fourth-order valence-electron chi connectivity index (χ4n) is 3.34. The maximum absolute atomic E-state index is 13.4. The largest absolute Gasteiger partial charge is 0.477 e. The number of para-hydroxylation sites is 2. The van der Waals surface area contributed by atoms with Gasteiger partial charge in [0.1, 0.15) is 11.4 Å². The van der Waals surface area contributed by atoms with Crippen LogP contribution in [0.3, 0.4) is 0 Å². The zero-order valence-corrected chi connectivity index (χ0v) is 14.9. The van der Waals surface area contributed by atoms with Gasteiger partial charge in [-0.05, 0) is 29.8 Å². The molecular weight excluding hydrogens is 336 g/mol. The van der Waals surface area contributed by atoms with Crippen LogP contribution in [0.2, 0.25) is 0 Å². The van der Waals surface area contributed by atoms with Gasteiger partial charge in [0.15, 0.2) is 5.56 Å². The van der Waals surface area contributed by atoms with E-state index < -0.39 is 0 Å². The second-order valence-electron chi connectivity index (χ2n) is 6.26. The van der Waals surface area contributed by atoms with Crippen LogP contribution in [0.1, 0.15) is 5.82 Å². The Labute approximate surface area is 157 Å². The molecule has 1 heterocycles. The summed E-state index contributed by atoms with van der Waals surface area (Å²) < 4.78 is 3.34. The van der Waals surface area contributed by atoms with Crippen molar-refractivity contribution < 1.29 is 9.67 Å². The molecule has 0 aliphatic carbocycles. The van der Waals surface area contributed by atoms with E-state index in [0.29, 0.717) is 11.4 Å². The summed E-state index contributed by atoms with van der Waals surface area (Å²) in [5.41, 5.74) is 2.23. The van der Waals surface area contributed by atoms with Crippen molar-refractivity contribution in [2.24, 2.45) is 0 Å². The summed E-state index contributed by atoms with van der Waals surface area (Å²) in [7, 11) is 0. The van der Waals surface area contributed by atoms with E-state index in [0.717, 1.165) is 11.4 Å². The third kappa shape index (κ3) is 2.91. The maximum atomic E-state index is 13.4. The van der Waals surface area contributed by atoms with Gasteiger partial charge in [-0.1, -0.05) is 66.7 Å². The Kier molecular flexibility index (Phi) is 4.30. The first-order valence-electron chi connectivity index (χ1n) is 8.75. The van der Waals surface area contributed by atoms with Crippen LogP contribution < -0.4 is 10.1 Å². The third-order valence-corrected chi connectivity index (χ3v) is 4.59. The zero-order valence-electron chi connectivity index (χ0n) is 14.9. The summed E-state index contributed by atoms with van der Waals surface area (Å²) >= 11 is 0. The molecule has 0 saturated carbocycles. The number of hydrogen-bond acceptors (Lipinski definition) is 2. The Morgan fingerprint density at radius 2 is 1.30 bits per heavy atom. The number of aromatic nitrogens is 2. The first kappa shape index (κ1) is 16.8. The lowest BCUT2D eigenvalue weighted by Gasteiger charge is -2.13. The average molecular weight is 355 g/mol. The molecule has 27 heavy (non-hydrogen) atoms. The number of nitrogens with zero attached hydrogens (tertiary/aromatic N) is 2. The van der Waals surface area contributed by atoms with Gasteiger partial charge in [-0.25, -0.2) is 4.79 Å². The third-order valence-electron chi connectivity index (χ3n) is 4.59. The predicted octanol–water partition coefficient (Wildman–Crippen LogP) is 3.80. The fraction of sp³-hybridized carbons (Fsp3) is 0.0435. The number of benzene rings is 3. The van der Waals surface area contributed by atoms with Gasteiger partial charge in [0.05, 0.1) is 0 Å². The van der Waals surface area contributed by atoms with Gasteiger partial charge < -0.3 is 5.11 Å². The number of aromatic hydroxyl groups is 1. The molecule has 132 valence electrons. The van der Waals surface area contributed by atoms with E-state index in [1.807, 2.05) is 97.9 Å². The standard InChI is InChI=1S/C23H18N2O2/c1-17-24(19-13-7-3-8-14-19)22(26)21(18-11-5-2-6-12-18)23(27)25(17)20-15-9-4-10-16-20/h2-16H,1H3/p+1. The first-order chi connectivity index (χ1) is 13.2. The molecule has 0 saturated heterocycles. The van der Waals surface area contributed by atoms with Gasteiger partial charge in [-0.2, -0.15) is 9.13 Å². The van der Waals surface area contributed by atoms with Gasteiger partial charge in [-0.15, -0.1) is 0 Å². The van der Waals surface area contributed by atoms with Crippen molar-refractivity contribution in [2.75, 3.05) is 0 Å². The Bertz CT molecular complexity index is 1070. The summed E-state index contributed by atoms with van der Waals surface area (Å²) in [5.74, 6) is 0.552. The van der Waals surface area contributed by atoms with Crippen molar-refractivity contribution in [3.8, 4) is 28.4 Å². The van der Waals surface area contributed by atoms with Gasteiger partial charge in [0.25, 0.3) is 5.82 Å². The molecule has 0 unspecified atom stereocenters. The van der Waals surface area contributed by atoms with Gasteiger partial charge in [0, 0.05) is 6.92 Å². The van der Waals surface area contributed by atoms with Crippen LogP contribution in [0.25, 0.3) is 22.5 Å². The Morgan fingerprint density at radius 3 is 1.89 bits per heavy atom. The average Bonchev–Trinajstić information content (AvgIpc) is 2.70. The normalized spacial score (nSPS) is 10.7. The molecule has 0 aliphatic rings. The van der Waals surface area contributed by atoms with Crippen LogP contribution in [-0.4, -0.2) is 9.67 Å². The summed E-state index contributed by atoms with van der Waals surface area (Å²) in [6.45, 7) is 1.83. The van der Waals surface area contributed by atoms with E-state index in [4.69, 9.17) is 0 Å². The van der Waals surface area contributed by atoms with Crippen LogP contribution in [0.15, 0.2) is 95.8 Å². The predicted molar refractivity (Wildman–Crippen MR) is 105 cm³/mol. The van der Waals surface area contributed by atoms with Gasteiger partial charge in [0.2, 0.25) is 0 Å². The van der Waals surface area contributed by atoms with Gasteiger partial charge in [-0.3, -0.25) is 0 Å². The van der Waals surface area contributed by atoms with Crippen molar-refractivity contribution >= 4 is 0 Å². The van der Waals surface area contributed by atoms with E-state index in [2.05, 4.69) is 0 Å². The van der Waals surface area contributed by atoms with E-state index in [1.165, 1.54) is 0 Å². The fourth-order valence-corrected chi connectivity index (χ4v) is 3.34. The maximum Gasteiger partial charge on any atom is 0.354 e. The minimum Gasteiger partial charge on any atom is -0.477 e. The SMILES string of the molecule is Cc1n(-c2ccccc2)c(=O)c(-c2ccccc2)c(O)[n+]1-c1ccccc1. The minimum absolute atomic E-state index is 0.0675. The molecule has 0 bridgehead atoms. The molecule has 4 heteroatoms. The highest BCUT2D eigenvalue weighted by Crippen LogP contribution is 2.25. The summed E-state index contributed by atoms with van der Waals surface area (Å²) in [5, 5.41) is 11.1. The molecule has 4 rings (SSSR count). The minimum atomic E-state index is -0.255. The van der Waals surface area contributed by atoms with Gasteiger partial charge >= 0.3 is 11.4 Å². The van der Waals surface area contributed by atoms with E-state index in [1.54, 1.807) is 9.13 Å². The smallest absolute Gasteiger partial charge is 0.354 e.